The third kappa shape index (κ3) is 3.49. The van der Waals surface area contributed by atoms with Crippen molar-refractivity contribution < 1.29 is 9.18 Å². The number of nitrogens with two attached hydrogens (primary N) is 1. The molecule has 0 spiro atoms. The minimum Gasteiger partial charge on any atom is -0.321 e. The first kappa shape index (κ1) is 13.9. The van der Waals surface area contributed by atoms with Gasteiger partial charge in [-0.2, -0.15) is 0 Å². The van der Waals surface area contributed by atoms with E-state index >= 15 is 0 Å². The van der Waals surface area contributed by atoms with Crippen LogP contribution in [0.5, 0.6) is 0 Å². The molecule has 0 bridgehead atoms. The Labute approximate surface area is 119 Å². The van der Waals surface area contributed by atoms with Crippen molar-refractivity contribution in [1.29, 1.82) is 0 Å². The Morgan fingerprint density at radius 1 is 1.21 bits per heavy atom. The lowest BCUT2D eigenvalue weighted by Crippen LogP contribution is -2.33. The van der Waals surface area contributed by atoms with Gasteiger partial charge in [-0.25, -0.2) is 4.39 Å². The number of hydrogen-bond acceptors (Lipinski definition) is 2. The van der Waals surface area contributed by atoms with Crippen molar-refractivity contribution in [1.82, 2.24) is 0 Å². The summed E-state index contributed by atoms with van der Waals surface area (Å²) in [5.74, 6) is -0.931. The van der Waals surface area contributed by atoms with Crippen molar-refractivity contribution >= 4 is 21.7 Å². The first-order valence-corrected chi connectivity index (χ1v) is 6.66. The molecule has 1 atom stereocenters. The molecule has 0 amide bonds. The molecule has 0 heterocycles. The predicted octanol–water partition coefficient (Wildman–Crippen LogP) is 3.34. The molecular weight excluding hydrogens is 309 g/mol. The van der Waals surface area contributed by atoms with Crippen LogP contribution in [-0.4, -0.2) is 11.8 Å². The SMILES string of the molecule is NC(Cc1ccccc1)C(=O)c1cc(Br)ccc1F. The van der Waals surface area contributed by atoms with Crippen LogP contribution in [0.15, 0.2) is 53.0 Å². The topological polar surface area (TPSA) is 43.1 Å². The number of hydrogen-bond donors (Lipinski definition) is 1. The van der Waals surface area contributed by atoms with Crippen molar-refractivity contribution in [2.24, 2.45) is 5.73 Å². The fraction of sp³-hybridized carbons (Fsp3) is 0.133. The van der Waals surface area contributed by atoms with Crippen LogP contribution in [0.25, 0.3) is 0 Å². The molecule has 2 rings (SSSR count). The maximum absolute atomic E-state index is 13.6. The number of Topliss-reactive ketones (excluding diaryl/α,β-unsaturated/α-hetero) is 1. The van der Waals surface area contributed by atoms with Gasteiger partial charge in [0.2, 0.25) is 0 Å². The molecule has 0 saturated carbocycles. The van der Waals surface area contributed by atoms with Gasteiger partial charge in [0.05, 0.1) is 11.6 Å². The molecule has 0 fully saturated rings. The number of benzene rings is 2. The van der Waals surface area contributed by atoms with Crippen LogP contribution in [0, 0.1) is 5.82 Å². The summed E-state index contributed by atoms with van der Waals surface area (Å²) in [6.45, 7) is 0. The molecule has 0 aliphatic rings. The smallest absolute Gasteiger partial charge is 0.182 e. The fourth-order valence-electron chi connectivity index (χ4n) is 1.85. The highest BCUT2D eigenvalue weighted by Gasteiger charge is 2.19. The highest BCUT2D eigenvalue weighted by atomic mass is 79.9. The van der Waals surface area contributed by atoms with Crippen LogP contribution < -0.4 is 5.73 Å². The third-order valence-corrected chi connectivity index (χ3v) is 3.32. The van der Waals surface area contributed by atoms with E-state index in [4.69, 9.17) is 5.73 Å². The summed E-state index contributed by atoms with van der Waals surface area (Å²) in [7, 11) is 0. The van der Waals surface area contributed by atoms with Gasteiger partial charge in [0.1, 0.15) is 5.82 Å². The first-order valence-electron chi connectivity index (χ1n) is 5.86. The van der Waals surface area contributed by atoms with Crippen LogP contribution in [-0.2, 0) is 6.42 Å². The molecule has 2 aromatic carbocycles. The monoisotopic (exact) mass is 321 g/mol. The normalized spacial score (nSPS) is 12.2. The Hall–Kier alpha value is -1.52. The number of carbonyl (C=O) groups excluding carboxylic acids is 1. The van der Waals surface area contributed by atoms with E-state index < -0.39 is 11.9 Å². The summed E-state index contributed by atoms with van der Waals surface area (Å²) in [6, 6.07) is 13.0. The molecule has 98 valence electrons. The quantitative estimate of drug-likeness (QED) is 0.878. The predicted molar refractivity (Wildman–Crippen MR) is 76.6 cm³/mol. The lowest BCUT2D eigenvalue weighted by atomic mass is 9.98. The third-order valence-electron chi connectivity index (χ3n) is 2.83. The molecule has 2 nitrogen and oxygen atoms in total. The molecule has 1 unspecified atom stereocenters. The highest BCUT2D eigenvalue weighted by molar-refractivity contribution is 9.10. The second-order valence-electron chi connectivity index (χ2n) is 4.28. The van der Waals surface area contributed by atoms with Gasteiger partial charge in [-0.15, -0.1) is 0 Å². The molecular formula is C15H13BrFNO. The Morgan fingerprint density at radius 2 is 1.89 bits per heavy atom. The zero-order valence-corrected chi connectivity index (χ0v) is 11.7. The van der Waals surface area contributed by atoms with Crippen molar-refractivity contribution in [2.45, 2.75) is 12.5 Å². The van der Waals surface area contributed by atoms with Gasteiger partial charge in [-0.1, -0.05) is 46.3 Å². The number of carbonyl (C=O) groups is 1. The van der Waals surface area contributed by atoms with Crippen LogP contribution >= 0.6 is 15.9 Å². The van der Waals surface area contributed by atoms with Crippen molar-refractivity contribution in [3.05, 3.63) is 69.9 Å². The summed E-state index contributed by atoms with van der Waals surface area (Å²) in [5, 5.41) is 0. The van der Waals surface area contributed by atoms with Gasteiger partial charge in [0.25, 0.3) is 0 Å². The van der Waals surface area contributed by atoms with Gasteiger partial charge in [0.15, 0.2) is 5.78 Å². The van der Waals surface area contributed by atoms with E-state index in [0.29, 0.717) is 10.9 Å². The molecule has 4 heteroatoms. The average Bonchev–Trinajstić information content (AvgIpc) is 2.42. The zero-order valence-electron chi connectivity index (χ0n) is 10.1. The molecule has 0 saturated heterocycles. The van der Waals surface area contributed by atoms with E-state index in [1.165, 1.54) is 12.1 Å². The number of rotatable bonds is 4. The summed E-state index contributed by atoms with van der Waals surface area (Å²) < 4.78 is 14.3. The van der Waals surface area contributed by atoms with E-state index in [1.807, 2.05) is 30.3 Å². The molecule has 2 aromatic rings. The van der Waals surface area contributed by atoms with E-state index in [0.717, 1.165) is 5.56 Å². The molecule has 19 heavy (non-hydrogen) atoms. The van der Waals surface area contributed by atoms with E-state index in [1.54, 1.807) is 6.07 Å². The standard InChI is InChI=1S/C15H13BrFNO/c16-11-6-7-13(17)12(9-11)15(19)14(18)8-10-4-2-1-3-5-10/h1-7,9,14H,8,18H2. The van der Waals surface area contributed by atoms with E-state index in [9.17, 15) is 9.18 Å². The molecule has 0 aliphatic heterocycles. The maximum Gasteiger partial charge on any atom is 0.182 e. The number of halogens is 2. The van der Waals surface area contributed by atoms with Gasteiger partial charge in [-0.05, 0) is 30.2 Å². The average molecular weight is 322 g/mol. The summed E-state index contributed by atoms with van der Waals surface area (Å²) in [5.41, 5.74) is 6.85. The van der Waals surface area contributed by atoms with Gasteiger partial charge in [0, 0.05) is 4.47 Å². The van der Waals surface area contributed by atoms with Gasteiger partial charge < -0.3 is 5.73 Å². The summed E-state index contributed by atoms with van der Waals surface area (Å²) in [4.78, 5) is 12.1. The minimum absolute atomic E-state index is 0.0257. The largest absolute Gasteiger partial charge is 0.321 e. The van der Waals surface area contributed by atoms with Gasteiger partial charge in [-0.3, -0.25) is 4.79 Å². The molecule has 0 radical (unpaired) electrons. The molecule has 0 aromatic heterocycles. The zero-order chi connectivity index (χ0) is 13.8. The first-order chi connectivity index (χ1) is 9.08. The number of ketones is 1. The van der Waals surface area contributed by atoms with Gasteiger partial charge >= 0.3 is 0 Å². The fourth-order valence-corrected chi connectivity index (χ4v) is 2.21. The van der Waals surface area contributed by atoms with Crippen molar-refractivity contribution in [3.8, 4) is 0 Å². The minimum atomic E-state index is -0.744. The summed E-state index contributed by atoms with van der Waals surface area (Å²) >= 11 is 3.22. The molecule has 2 N–H and O–H groups in total. The second-order valence-corrected chi connectivity index (χ2v) is 5.20. The lowest BCUT2D eigenvalue weighted by molar-refractivity contribution is 0.0957. The Balaban J connectivity index is 2.17. The second kappa shape index (κ2) is 6.08. The Kier molecular flexibility index (Phi) is 4.45. The van der Waals surface area contributed by atoms with E-state index in [2.05, 4.69) is 15.9 Å². The Bertz CT molecular complexity index is 586. The highest BCUT2D eigenvalue weighted by Crippen LogP contribution is 2.17. The van der Waals surface area contributed by atoms with Crippen molar-refractivity contribution in [3.63, 3.8) is 0 Å². The van der Waals surface area contributed by atoms with Crippen LogP contribution in [0.4, 0.5) is 4.39 Å². The van der Waals surface area contributed by atoms with Crippen LogP contribution in [0.3, 0.4) is 0 Å². The maximum atomic E-state index is 13.6. The van der Waals surface area contributed by atoms with Crippen LogP contribution in [0.1, 0.15) is 15.9 Å². The lowest BCUT2D eigenvalue weighted by Gasteiger charge is -2.11. The Morgan fingerprint density at radius 3 is 2.58 bits per heavy atom. The van der Waals surface area contributed by atoms with Crippen molar-refractivity contribution in [2.75, 3.05) is 0 Å². The summed E-state index contributed by atoms with van der Waals surface area (Å²) in [6.07, 6.45) is 0.394. The van der Waals surface area contributed by atoms with Crippen LogP contribution in [0.2, 0.25) is 0 Å². The van der Waals surface area contributed by atoms with E-state index in [-0.39, 0.29) is 11.3 Å². The molecule has 0 aliphatic carbocycles.